The molecule has 30 heavy (non-hydrogen) atoms. The van der Waals surface area contributed by atoms with Crippen molar-refractivity contribution >= 4 is 22.6 Å². The second-order valence-electron chi connectivity index (χ2n) is 7.04. The van der Waals surface area contributed by atoms with E-state index in [0.717, 1.165) is 11.6 Å². The molecule has 4 rings (SSSR count). The summed E-state index contributed by atoms with van der Waals surface area (Å²) in [5, 5.41) is 10.3. The highest BCUT2D eigenvalue weighted by molar-refractivity contribution is 6.02. The van der Waals surface area contributed by atoms with E-state index in [0.29, 0.717) is 22.0 Å². The summed E-state index contributed by atoms with van der Waals surface area (Å²) in [6.45, 7) is 1.75. The highest BCUT2D eigenvalue weighted by Gasteiger charge is 2.33. The zero-order valence-corrected chi connectivity index (χ0v) is 16.0. The number of aromatic amines is 1. The van der Waals surface area contributed by atoms with Crippen LogP contribution in [0, 0.1) is 6.92 Å². The molecule has 0 bridgehead atoms. The predicted molar refractivity (Wildman–Crippen MR) is 110 cm³/mol. The minimum Gasteiger partial charge on any atom is -0.308 e. The number of nitrogens with zero attached hydrogens (tertiary/aromatic N) is 1. The van der Waals surface area contributed by atoms with Crippen molar-refractivity contribution in [2.45, 2.75) is 19.5 Å². The SMILES string of the molecule is Cc1cc2[nH]nc(NC(=O)Cc3ccccc3)c2cc1-c1ccccc1C(F)(F)F. The number of H-pyrrole nitrogens is 1. The first-order valence-electron chi connectivity index (χ1n) is 9.32. The molecule has 0 saturated carbocycles. The molecule has 4 aromatic rings. The fourth-order valence-corrected chi connectivity index (χ4v) is 3.48. The van der Waals surface area contributed by atoms with E-state index in [1.807, 2.05) is 30.3 Å². The van der Waals surface area contributed by atoms with Crippen LogP contribution in [0.15, 0.2) is 66.7 Å². The van der Waals surface area contributed by atoms with Crippen molar-refractivity contribution in [1.29, 1.82) is 0 Å². The zero-order chi connectivity index (χ0) is 21.3. The van der Waals surface area contributed by atoms with E-state index in [4.69, 9.17) is 0 Å². The van der Waals surface area contributed by atoms with Crippen molar-refractivity contribution in [2.24, 2.45) is 0 Å². The summed E-state index contributed by atoms with van der Waals surface area (Å²) < 4.78 is 40.5. The molecule has 0 aliphatic carbocycles. The maximum atomic E-state index is 13.5. The van der Waals surface area contributed by atoms with Gasteiger partial charge in [0.05, 0.1) is 17.5 Å². The van der Waals surface area contributed by atoms with Crippen LogP contribution in [0.1, 0.15) is 16.7 Å². The number of alkyl halides is 3. The van der Waals surface area contributed by atoms with Gasteiger partial charge in [0.25, 0.3) is 0 Å². The van der Waals surface area contributed by atoms with Crippen LogP contribution in [0.5, 0.6) is 0 Å². The van der Waals surface area contributed by atoms with Crippen molar-refractivity contribution < 1.29 is 18.0 Å². The Morgan fingerprint density at radius 2 is 1.70 bits per heavy atom. The molecule has 0 atom stereocenters. The highest BCUT2D eigenvalue weighted by atomic mass is 19.4. The number of halogens is 3. The van der Waals surface area contributed by atoms with E-state index in [2.05, 4.69) is 15.5 Å². The van der Waals surface area contributed by atoms with Gasteiger partial charge in [0.15, 0.2) is 5.82 Å². The number of fused-ring (bicyclic) bond motifs is 1. The summed E-state index contributed by atoms with van der Waals surface area (Å²) in [6.07, 6.45) is -4.30. The number of benzene rings is 3. The van der Waals surface area contributed by atoms with Gasteiger partial charge in [0.1, 0.15) is 0 Å². The van der Waals surface area contributed by atoms with Gasteiger partial charge >= 0.3 is 6.18 Å². The Kier molecular flexibility index (Phi) is 5.03. The molecular formula is C23H18F3N3O. The molecule has 7 heteroatoms. The largest absolute Gasteiger partial charge is 0.417 e. The van der Waals surface area contributed by atoms with Gasteiger partial charge in [-0.1, -0.05) is 48.5 Å². The van der Waals surface area contributed by atoms with Gasteiger partial charge in [0.2, 0.25) is 5.91 Å². The molecule has 0 saturated heterocycles. The lowest BCUT2D eigenvalue weighted by molar-refractivity contribution is -0.137. The van der Waals surface area contributed by atoms with Gasteiger partial charge in [-0.3, -0.25) is 9.89 Å². The summed E-state index contributed by atoms with van der Waals surface area (Å²) >= 11 is 0. The predicted octanol–water partition coefficient (Wildman–Crippen LogP) is 5.74. The summed E-state index contributed by atoms with van der Waals surface area (Å²) in [4.78, 5) is 12.4. The number of aryl methyl sites for hydroxylation is 1. The van der Waals surface area contributed by atoms with Gasteiger partial charge in [-0.25, -0.2) is 0 Å². The van der Waals surface area contributed by atoms with Gasteiger partial charge in [-0.15, -0.1) is 0 Å². The van der Waals surface area contributed by atoms with Crippen LogP contribution in [0.4, 0.5) is 19.0 Å². The molecule has 0 unspecified atom stereocenters. The quantitative estimate of drug-likeness (QED) is 0.452. The number of amides is 1. The lowest BCUT2D eigenvalue weighted by atomic mass is 9.94. The Bertz CT molecular complexity index is 1210. The van der Waals surface area contributed by atoms with E-state index in [1.165, 1.54) is 12.1 Å². The number of hydrogen-bond donors (Lipinski definition) is 2. The molecule has 1 heterocycles. The molecule has 1 aromatic heterocycles. The van der Waals surface area contributed by atoms with Crippen LogP contribution in [0.25, 0.3) is 22.0 Å². The fourth-order valence-electron chi connectivity index (χ4n) is 3.48. The number of carbonyl (C=O) groups excluding carboxylic acids is 1. The molecular weight excluding hydrogens is 391 g/mol. The molecule has 0 radical (unpaired) electrons. The Morgan fingerprint density at radius 3 is 2.43 bits per heavy atom. The number of aromatic nitrogens is 2. The van der Waals surface area contributed by atoms with Crippen molar-refractivity contribution in [3.63, 3.8) is 0 Å². The third-order valence-corrected chi connectivity index (χ3v) is 4.90. The molecule has 0 spiro atoms. The zero-order valence-electron chi connectivity index (χ0n) is 16.0. The van der Waals surface area contributed by atoms with E-state index in [1.54, 1.807) is 25.1 Å². The number of anilines is 1. The Labute approximate surface area is 170 Å². The van der Waals surface area contributed by atoms with Gasteiger partial charge in [-0.05, 0) is 47.4 Å². The topological polar surface area (TPSA) is 57.8 Å². The van der Waals surface area contributed by atoms with Crippen LogP contribution in [-0.4, -0.2) is 16.1 Å². The highest BCUT2D eigenvalue weighted by Crippen LogP contribution is 2.39. The lowest BCUT2D eigenvalue weighted by Gasteiger charge is -2.15. The smallest absolute Gasteiger partial charge is 0.308 e. The minimum absolute atomic E-state index is 0.0900. The summed E-state index contributed by atoms with van der Waals surface area (Å²) in [5.41, 5.74) is 1.99. The number of hydrogen-bond acceptors (Lipinski definition) is 2. The average molecular weight is 409 g/mol. The lowest BCUT2D eigenvalue weighted by Crippen LogP contribution is -2.14. The van der Waals surface area contributed by atoms with Crippen molar-refractivity contribution in [1.82, 2.24) is 10.2 Å². The van der Waals surface area contributed by atoms with E-state index < -0.39 is 11.7 Å². The first kappa shape index (κ1) is 19.7. The molecule has 152 valence electrons. The van der Waals surface area contributed by atoms with E-state index in [9.17, 15) is 18.0 Å². The first-order valence-corrected chi connectivity index (χ1v) is 9.32. The summed E-state index contributed by atoms with van der Waals surface area (Å²) in [6, 6.07) is 18.1. The minimum atomic E-state index is -4.47. The van der Waals surface area contributed by atoms with Crippen LogP contribution in [0.2, 0.25) is 0 Å². The van der Waals surface area contributed by atoms with Gasteiger partial charge in [-0.2, -0.15) is 18.3 Å². The van der Waals surface area contributed by atoms with Crippen molar-refractivity contribution in [3.8, 4) is 11.1 Å². The molecule has 0 aliphatic heterocycles. The van der Waals surface area contributed by atoms with Crippen LogP contribution >= 0.6 is 0 Å². The monoisotopic (exact) mass is 409 g/mol. The molecule has 1 amide bonds. The maximum Gasteiger partial charge on any atom is 0.417 e. The third kappa shape index (κ3) is 3.91. The molecule has 0 fully saturated rings. The van der Waals surface area contributed by atoms with E-state index in [-0.39, 0.29) is 23.7 Å². The van der Waals surface area contributed by atoms with Crippen LogP contribution in [-0.2, 0) is 17.4 Å². The number of rotatable bonds is 4. The molecule has 2 N–H and O–H groups in total. The van der Waals surface area contributed by atoms with Gasteiger partial charge < -0.3 is 5.32 Å². The second kappa shape index (κ2) is 7.67. The summed E-state index contributed by atoms with van der Waals surface area (Å²) in [7, 11) is 0. The Hall–Kier alpha value is -3.61. The van der Waals surface area contributed by atoms with Crippen LogP contribution in [0.3, 0.4) is 0 Å². The second-order valence-corrected chi connectivity index (χ2v) is 7.04. The number of nitrogens with one attached hydrogen (secondary N) is 2. The molecule has 0 aliphatic rings. The molecule has 4 nitrogen and oxygen atoms in total. The normalized spacial score (nSPS) is 11.6. The standard InChI is InChI=1S/C23H18F3N3O/c1-14-11-20-18(13-17(14)16-9-5-6-10-19(16)23(24,25)26)22(29-28-20)27-21(30)12-15-7-3-2-4-8-15/h2-11,13H,12H2,1H3,(H2,27,28,29,30). The Balaban J connectivity index is 1.71. The Morgan fingerprint density at radius 1 is 1.00 bits per heavy atom. The van der Waals surface area contributed by atoms with Crippen molar-refractivity contribution in [2.75, 3.05) is 5.32 Å². The van der Waals surface area contributed by atoms with Gasteiger partial charge in [0, 0.05) is 5.39 Å². The first-order chi connectivity index (χ1) is 14.3. The third-order valence-electron chi connectivity index (χ3n) is 4.90. The fraction of sp³-hybridized carbons (Fsp3) is 0.130. The number of carbonyl (C=O) groups is 1. The maximum absolute atomic E-state index is 13.5. The van der Waals surface area contributed by atoms with Crippen LogP contribution < -0.4 is 5.32 Å². The van der Waals surface area contributed by atoms with Crippen molar-refractivity contribution in [3.05, 3.63) is 83.4 Å². The summed E-state index contributed by atoms with van der Waals surface area (Å²) in [5.74, 6) is 0.0316. The average Bonchev–Trinajstić information content (AvgIpc) is 3.08. The van der Waals surface area contributed by atoms with E-state index >= 15 is 0 Å². The molecule has 3 aromatic carbocycles.